The van der Waals surface area contributed by atoms with Crippen LogP contribution in [0.25, 0.3) is 0 Å². The highest BCUT2D eigenvalue weighted by atomic mass is 16.5. The first kappa shape index (κ1) is 23.6. The third kappa shape index (κ3) is 4.91. The first-order valence-electron chi connectivity index (χ1n) is 10.7. The second-order valence-corrected chi connectivity index (χ2v) is 7.57. The number of carbonyl (C=O) groups is 1. The summed E-state index contributed by atoms with van der Waals surface area (Å²) < 4.78 is 16.8. The summed E-state index contributed by atoms with van der Waals surface area (Å²) >= 11 is 0. The molecule has 0 radical (unpaired) electrons. The lowest BCUT2D eigenvalue weighted by Crippen LogP contribution is -2.27. The monoisotopic (exact) mass is 446 g/mol. The Morgan fingerprint density at radius 1 is 1.27 bits per heavy atom. The molecule has 8 nitrogen and oxygen atoms in total. The number of nitriles is 2. The zero-order valence-electron chi connectivity index (χ0n) is 19.2. The van der Waals surface area contributed by atoms with Gasteiger partial charge in [-0.1, -0.05) is 6.07 Å². The van der Waals surface area contributed by atoms with Crippen LogP contribution in [0.2, 0.25) is 0 Å². The predicted molar refractivity (Wildman–Crippen MR) is 122 cm³/mol. The Morgan fingerprint density at radius 3 is 2.73 bits per heavy atom. The van der Waals surface area contributed by atoms with E-state index in [1.165, 1.54) is 0 Å². The van der Waals surface area contributed by atoms with E-state index in [1.54, 1.807) is 25.4 Å². The van der Waals surface area contributed by atoms with Gasteiger partial charge < -0.3 is 19.5 Å². The highest BCUT2D eigenvalue weighted by Crippen LogP contribution is 2.46. The van der Waals surface area contributed by atoms with Crippen molar-refractivity contribution in [1.29, 1.82) is 10.5 Å². The van der Waals surface area contributed by atoms with E-state index in [0.29, 0.717) is 41.5 Å². The summed E-state index contributed by atoms with van der Waals surface area (Å²) in [5.74, 6) is 0.0645. The average molecular weight is 447 g/mol. The number of aryl methyl sites for hydroxylation is 1. The average Bonchev–Trinajstić information content (AvgIpc) is 2.81. The van der Waals surface area contributed by atoms with E-state index in [0.717, 1.165) is 22.4 Å². The van der Waals surface area contributed by atoms with Crippen molar-refractivity contribution < 1.29 is 19.0 Å². The Morgan fingerprint density at radius 2 is 2.06 bits per heavy atom. The summed E-state index contributed by atoms with van der Waals surface area (Å²) in [6, 6.07) is 9.32. The summed E-state index contributed by atoms with van der Waals surface area (Å²) in [5, 5.41) is 21.4. The van der Waals surface area contributed by atoms with Crippen molar-refractivity contribution in [3.05, 3.63) is 57.9 Å². The van der Waals surface area contributed by atoms with Crippen LogP contribution in [0.3, 0.4) is 0 Å². The minimum absolute atomic E-state index is 0.0102. The molecule has 1 aromatic heterocycles. The van der Waals surface area contributed by atoms with Crippen molar-refractivity contribution in [3.8, 4) is 23.8 Å². The Kier molecular flexibility index (Phi) is 7.53. The number of pyridine rings is 1. The molecule has 1 aliphatic heterocycles. The van der Waals surface area contributed by atoms with Gasteiger partial charge >= 0.3 is 5.97 Å². The van der Waals surface area contributed by atoms with Crippen LogP contribution in [0.15, 0.2) is 35.7 Å². The van der Waals surface area contributed by atoms with Crippen LogP contribution in [0, 0.1) is 29.6 Å². The lowest BCUT2D eigenvalue weighted by molar-refractivity contribution is -0.139. The molecule has 2 aromatic rings. The molecule has 1 aromatic carbocycles. The molecule has 0 fully saturated rings. The zero-order chi connectivity index (χ0) is 24.0. The zero-order valence-corrected chi connectivity index (χ0v) is 19.2. The number of hydrogen-bond acceptors (Lipinski definition) is 8. The lowest BCUT2D eigenvalue weighted by Gasteiger charge is -2.32. The molecule has 8 heteroatoms. The van der Waals surface area contributed by atoms with Crippen LogP contribution < -0.4 is 14.8 Å². The largest absolute Gasteiger partial charge is 0.496 e. The Balaban J connectivity index is 2.15. The lowest BCUT2D eigenvalue weighted by atomic mass is 9.81. The highest BCUT2D eigenvalue weighted by molar-refractivity contribution is 5.94. The smallest absolute Gasteiger partial charge is 0.336 e. The van der Waals surface area contributed by atoms with E-state index >= 15 is 0 Å². The maximum atomic E-state index is 13.1. The molecule has 0 bridgehead atoms. The molecule has 3 rings (SSSR count). The third-order valence-electron chi connectivity index (χ3n) is 5.47. The summed E-state index contributed by atoms with van der Waals surface area (Å²) in [5.41, 5.74) is 4.95. The molecule has 1 unspecified atom stereocenters. The molecule has 2 heterocycles. The van der Waals surface area contributed by atoms with Gasteiger partial charge in [-0.2, -0.15) is 10.5 Å². The fraction of sp³-hybridized carbons (Fsp3) is 0.360. The van der Waals surface area contributed by atoms with E-state index in [-0.39, 0.29) is 13.0 Å². The Bertz CT molecular complexity index is 1170. The van der Waals surface area contributed by atoms with Crippen LogP contribution in [0.1, 0.15) is 48.4 Å². The van der Waals surface area contributed by atoms with Crippen molar-refractivity contribution in [2.24, 2.45) is 0 Å². The molecular weight excluding hydrogens is 420 g/mol. The van der Waals surface area contributed by atoms with Gasteiger partial charge in [0.1, 0.15) is 12.4 Å². The van der Waals surface area contributed by atoms with E-state index in [4.69, 9.17) is 19.5 Å². The van der Waals surface area contributed by atoms with Crippen LogP contribution >= 0.6 is 0 Å². The molecule has 0 saturated carbocycles. The van der Waals surface area contributed by atoms with Crippen molar-refractivity contribution in [1.82, 2.24) is 4.98 Å². The quantitative estimate of drug-likeness (QED) is 0.475. The molecule has 1 aliphatic rings. The summed E-state index contributed by atoms with van der Waals surface area (Å²) in [4.78, 5) is 17.6. The van der Waals surface area contributed by atoms with Gasteiger partial charge in [0.05, 0.1) is 49.1 Å². The summed E-state index contributed by atoms with van der Waals surface area (Å²) in [7, 11) is 1.55. The molecule has 1 atom stereocenters. The second kappa shape index (κ2) is 10.5. The van der Waals surface area contributed by atoms with E-state index in [2.05, 4.69) is 16.4 Å². The standard InChI is InChI=1S/C25H26N4O4/c1-5-32-24-22-19(12-18-8-7-17(13-27)11-20(18)31-4)21(25(30)33-10-6-9-26)16(3)29-23(22)15(2)14-28-24/h7-8,11,14,19,29H,5-6,10,12H2,1-4H3. The number of allylic oxidation sites excluding steroid dienone is 1. The van der Waals surface area contributed by atoms with Gasteiger partial charge in [-0.25, -0.2) is 9.78 Å². The van der Waals surface area contributed by atoms with Gasteiger partial charge in [-0.3, -0.25) is 0 Å². The van der Waals surface area contributed by atoms with Crippen LogP contribution in [-0.4, -0.2) is 31.3 Å². The number of hydrogen-bond donors (Lipinski definition) is 1. The minimum atomic E-state index is -0.498. The minimum Gasteiger partial charge on any atom is -0.496 e. The third-order valence-corrected chi connectivity index (χ3v) is 5.47. The molecule has 0 spiro atoms. The maximum absolute atomic E-state index is 13.1. The van der Waals surface area contributed by atoms with Crippen LogP contribution in [0.5, 0.6) is 11.6 Å². The van der Waals surface area contributed by atoms with Crippen molar-refractivity contribution in [3.63, 3.8) is 0 Å². The second-order valence-electron chi connectivity index (χ2n) is 7.57. The van der Waals surface area contributed by atoms with Gasteiger partial charge in [-0.05, 0) is 50.5 Å². The molecule has 170 valence electrons. The van der Waals surface area contributed by atoms with Crippen molar-refractivity contribution in [2.45, 2.75) is 39.5 Å². The van der Waals surface area contributed by atoms with E-state index < -0.39 is 11.9 Å². The number of nitrogens with one attached hydrogen (secondary N) is 1. The van der Waals surface area contributed by atoms with Gasteiger partial charge in [-0.15, -0.1) is 0 Å². The van der Waals surface area contributed by atoms with Crippen LogP contribution in [0.4, 0.5) is 5.69 Å². The van der Waals surface area contributed by atoms with E-state index in [9.17, 15) is 10.1 Å². The normalized spacial score (nSPS) is 14.4. The number of esters is 1. The topological polar surface area (TPSA) is 117 Å². The number of fused-ring (bicyclic) bond motifs is 1. The molecule has 1 N–H and O–H groups in total. The fourth-order valence-corrected chi connectivity index (χ4v) is 3.98. The number of methoxy groups -OCH3 is 1. The van der Waals surface area contributed by atoms with Gasteiger partial charge in [0.2, 0.25) is 5.88 Å². The Hall–Kier alpha value is -4.04. The SMILES string of the molecule is CCOc1ncc(C)c2c1C(Cc1ccc(C#N)cc1OC)C(C(=O)OCCC#N)=C(C)N2. The number of benzene rings is 1. The van der Waals surface area contributed by atoms with Crippen molar-refractivity contribution >= 4 is 11.7 Å². The summed E-state index contributed by atoms with van der Waals surface area (Å²) in [6.45, 7) is 6.07. The molecule has 0 saturated heterocycles. The van der Waals surface area contributed by atoms with Crippen molar-refractivity contribution in [2.75, 3.05) is 25.6 Å². The van der Waals surface area contributed by atoms with Gasteiger partial charge in [0.15, 0.2) is 0 Å². The van der Waals surface area contributed by atoms with E-state index in [1.807, 2.05) is 32.9 Å². The molecule has 33 heavy (non-hydrogen) atoms. The maximum Gasteiger partial charge on any atom is 0.336 e. The molecular formula is C25H26N4O4. The molecule has 0 aliphatic carbocycles. The first-order chi connectivity index (χ1) is 15.9. The fourth-order valence-electron chi connectivity index (χ4n) is 3.98. The predicted octanol–water partition coefficient (Wildman–Crippen LogP) is 4.15. The Labute approximate surface area is 193 Å². The van der Waals surface area contributed by atoms with Gasteiger partial charge in [0, 0.05) is 23.4 Å². The number of nitrogens with zero attached hydrogens (tertiary/aromatic N) is 3. The number of rotatable bonds is 8. The summed E-state index contributed by atoms with van der Waals surface area (Å²) in [6.07, 6.45) is 2.25. The number of anilines is 1. The number of ether oxygens (including phenoxy) is 3. The highest BCUT2D eigenvalue weighted by Gasteiger charge is 2.36. The first-order valence-corrected chi connectivity index (χ1v) is 10.7. The van der Waals surface area contributed by atoms with Crippen LogP contribution in [-0.2, 0) is 16.0 Å². The van der Waals surface area contributed by atoms with Gasteiger partial charge in [0.25, 0.3) is 0 Å². The number of aromatic nitrogens is 1. The number of carbonyl (C=O) groups excluding carboxylic acids is 1. The molecule has 0 amide bonds.